The van der Waals surface area contributed by atoms with Crippen LogP contribution in [0.25, 0.3) is 0 Å². The van der Waals surface area contributed by atoms with Gasteiger partial charge in [0.2, 0.25) is 0 Å². The van der Waals surface area contributed by atoms with Crippen molar-refractivity contribution in [3.05, 3.63) is 33.2 Å². The fourth-order valence-corrected chi connectivity index (χ4v) is 3.69. The smallest absolute Gasteiger partial charge is 0.143 e. The molecule has 8 heteroatoms. The first-order valence-electron chi connectivity index (χ1n) is 7.86. The standard InChI is InChI=1S/C16H21ClN6S/c1-18-10-13-15(19-9-12-3-4-14(17)24-12)20-11-21-16(13)23-7-5-22(2)6-8-23/h3-4,10-11H,5-9H2,1-2H3,(H,19,20,21). The van der Waals surface area contributed by atoms with Crippen LogP contribution in [0, 0.1) is 0 Å². The maximum atomic E-state index is 6.00. The highest BCUT2D eigenvalue weighted by molar-refractivity contribution is 7.16. The van der Waals surface area contributed by atoms with Crippen LogP contribution >= 0.6 is 22.9 Å². The molecule has 24 heavy (non-hydrogen) atoms. The lowest BCUT2D eigenvalue weighted by Crippen LogP contribution is -2.45. The first kappa shape index (κ1) is 17.1. The average molecular weight is 365 g/mol. The van der Waals surface area contributed by atoms with Gasteiger partial charge in [0.1, 0.15) is 18.0 Å². The summed E-state index contributed by atoms with van der Waals surface area (Å²) in [7, 11) is 3.91. The first-order chi connectivity index (χ1) is 11.7. The molecule has 1 aliphatic rings. The van der Waals surface area contributed by atoms with Crippen LogP contribution in [0.4, 0.5) is 11.6 Å². The zero-order valence-electron chi connectivity index (χ0n) is 13.9. The molecule has 128 valence electrons. The monoisotopic (exact) mass is 364 g/mol. The minimum Gasteiger partial charge on any atom is -0.364 e. The number of likely N-dealkylation sites (N-methyl/N-ethyl adjacent to an activating group) is 1. The van der Waals surface area contributed by atoms with Gasteiger partial charge in [-0.15, -0.1) is 11.3 Å². The van der Waals surface area contributed by atoms with Gasteiger partial charge in [-0.1, -0.05) is 11.6 Å². The molecule has 0 radical (unpaired) electrons. The van der Waals surface area contributed by atoms with E-state index in [4.69, 9.17) is 11.6 Å². The van der Waals surface area contributed by atoms with E-state index in [9.17, 15) is 0 Å². The van der Waals surface area contributed by atoms with Crippen LogP contribution in [0.1, 0.15) is 10.4 Å². The third-order valence-corrected chi connectivity index (χ3v) is 5.21. The zero-order chi connectivity index (χ0) is 16.9. The van der Waals surface area contributed by atoms with Crippen LogP contribution in [0.3, 0.4) is 0 Å². The second-order valence-corrected chi connectivity index (χ2v) is 7.50. The number of nitrogens with zero attached hydrogens (tertiary/aromatic N) is 5. The largest absolute Gasteiger partial charge is 0.364 e. The van der Waals surface area contributed by atoms with Gasteiger partial charge in [-0.3, -0.25) is 4.99 Å². The third-order valence-electron chi connectivity index (χ3n) is 3.98. The predicted molar refractivity (Wildman–Crippen MR) is 102 cm³/mol. The number of nitrogens with one attached hydrogen (secondary N) is 1. The number of aliphatic imine (C=N–C) groups is 1. The highest BCUT2D eigenvalue weighted by Gasteiger charge is 2.20. The van der Waals surface area contributed by atoms with Crippen molar-refractivity contribution < 1.29 is 0 Å². The van der Waals surface area contributed by atoms with Crippen molar-refractivity contribution >= 4 is 40.8 Å². The van der Waals surface area contributed by atoms with Crippen LogP contribution < -0.4 is 10.2 Å². The normalized spacial score (nSPS) is 16.0. The van der Waals surface area contributed by atoms with Crippen molar-refractivity contribution in [2.24, 2.45) is 4.99 Å². The van der Waals surface area contributed by atoms with E-state index >= 15 is 0 Å². The van der Waals surface area contributed by atoms with E-state index in [-0.39, 0.29) is 0 Å². The second-order valence-electron chi connectivity index (χ2n) is 5.70. The maximum Gasteiger partial charge on any atom is 0.143 e. The van der Waals surface area contributed by atoms with Crippen molar-refractivity contribution in [1.82, 2.24) is 14.9 Å². The Labute approximate surface area is 151 Å². The molecule has 1 aliphatic heterocycles. The summed E-state index contributed by atoms with van der Waals surface area (Å²) in [5, 5.41) is 3.39. The van der Waals surface area contributed by atoms with Crippen molar-refractivity contribution in [2.45, 2.75) is 6.54 Å². The molecular formula is C16H21ClN6S. The average Bonchev–Trinajstić information content (AvgIpc) is 3.00. The summed E-state index contributed by atoms with van der Waals surface area (Å²) in [5.74, 6) is 1.74. The van der Waals surface area contributed by atoms with Crippen molar-refractivity contribution in [2.75, 3.05) is 50.5 Å². The van der Waals surface area contributed by atoms with E-state index in [0.717, 1.165) is 47.7 Å². The van der Waals surface area contributed by atoms with Gasteiger partial charge in [-0.05, 0) is 19.2 Å². The molecule has 3 heterocycles. The summed E-state index contributed by atoms with van der Waals surface area (Å²) in [6.07, 6.45) is 3.45. The molecule has 0 amide bonds. The minimum atomic E-state index is 0.682. The Kier molecular flexibility index (Phi) is 5.65. The van der Waals surface area contributed by atoms with Gasteiger partial charge in [0.05, 0.1) is 16.4 Å². The SMILES string of the molecule is CN=Cc1c(NCc2ccc(Cl)s2)ncnc1N1CCN(C)CC1. The van der Waals surface area contributed by atoms with Gasteiger partial charge in [-0.2, -0.15) is 0 Å². The fraction of sp³-hybridized carbons (Fsp3) is 0.438. The number of rotatable bonds is 5. The summed E-state index contributed by atoms with van der Waals surface area (Å²) in [6, 6.07) is 3.93. The molecule has 0 bridgehead atoms. The predicted octanol–water partition coefficient (Wildman–Crippen LogP) is 2.60. The van der Waals surface area contributed by atoms with Crippen LogP contribution in [0.2, 0.25) is 4.34 Å². The summed E-state index contributed by atoms with van der Waals surface area (Å²) in [4.78, 5) is 18.9. The van der Waals surface area contributed by atoms with Gasteiger partial charge in [0, 0.05) is 44.3 Å². The lowest BCUT2D eigenvalue weighted by Gasteiger charge is -2.34. The molecule has 0 atom stereocenters. The molecule has 1 fully saturated rings. The highest BCUT2D eigenvalue weighted by Crippen LogP contribution is 2.25. The molecule has 0 aliphatic carbocycles. The molecule has 0 unspecified atom stereocenters. The van der Waals surface area contributed by atoms with E-state index < -0.39 is 0 Å². The summed E-state index contributed by atoms with van der Waals surface area (Å²) >= 11 is 7.56. The molecule has 1 N–H and O–H groups in total. The Bertz CT molecular complexity index is 708. The van der Waals surface area contributed by atoms with E-state index in [1.165, 1.54) is 4.88 Å². The van der Waals surface area contributed by atoms with Crippen molar-refractivity contribution in [1.29, 1.82) is 0 Å². The molecule has 2 aromatic heterocycles. The third kappa shape index (κ3) is 4.03. The number of piperazine rings is 1. The van der Waals surface area contributed by atoms with Gasteiger partial charge in [0.15, 0.2) is 0 Å². The Hall–Kier alpha value is -1.70. The maximum absolute atomic E-state index is 6.00. The minimum absolute atomic E-state index is 0.682. The topological polar surface area (TPSA) is 56.7 Å². The van der Waals surface area contributed by atoms with Crippen molar-refractivity contribution in [3.63, 3.8) is 0 Å². The Morgan fingerprint density at radius 3 is 2.75 bits per heavy atom. The van der Waals surface area contributed by atoms with Gasteiger partial charge in [0.25, 0.3) is 0 Å². The van der Waals surface area contributed by atoms with E-state index in [0.29, 0.717) is 6.54 Å². The molecule has 0 spiro atoms. The van der Waals surface area contributed by atoms with Crippen molar-refractivity contribution in [3.8, 4) is 0 Å². The number of thiophene rings is 1. The zero-order valence-corrected chi connectivity index (χ0v) is 15.4. The molecule has 6 nitrogen and oxygen atoms in total. The van der Waals surface area contributed by atoms with E-state index in [1.54, 1.807) is 24.7 Å². The van der Waals surface area contributed by atoms with Gasteiger partial charge < -0.3 is 15.1 Å². The van der Waals surface area contributed by atoms with Crippen LogP contribution in [-0.2, 0) is 6.54 Å². The number of anilines is 2. The van der Waals surface area contributed by atoms with Gasteiger partial charge in [-0.25, -0.2) is 9.97 Å². The Morgan fingerprint density at radius 2 is 2.08 bits per heavy atom. The quantitative estimate of drug-likeness (QED) is 0.826. The molecule has 2 aromatic rings. The number of aromatic nitrogens is 2. The highest BCUT2D eigenvalue weighted by atomic mass is 35.5. The molecule has 0 aromatic carbocycles. The number of hydrogen-bond donors (Lipinski definition) is 1. The number of halogens is 1. The van der Waals surface area contributed by atoms with E-state index in [1.807, 2.05) is 18.3 Å². The van der Waals surface area contributed by atoms with Gasteiger partial charge >= 0.3 is 0 Å². The van der Waals surface area contributed by atoms with Crippen LogP contribution in [-0.4, -0.2) is 61.4 Å². The fourth-order valence-electron chi connectivity index (χ4n) is 2.66. The summed E-state index contributed by atoms with van der Waals surface area (Å²) in [5.41, 5.74) is 0.937. The second kappa shape index (κ2) is 7.92. The lowest BCUT2D eigenvalue weighted by molar-refractivity contribution is 0.312. The van der Waals surface area contributed by atoms with Crippen LogP contribution in [0.5, 0.6) is 0 Å². The van der Waals surface area contributed by atoms with E-state index in [2.05, 4.69) is 37.1 Å². The summed E-state index contributed by atoms with van der Waals surface area (Å²) in [6.45, 7) is 4.66. The van der Waals surface area contributed by atoms with Crippen LogP contribution in [0.15, 0.2) is 23.5 Å². The molecular weight excluding hydrogens is 344 g/mol. The lowest BCUT2D eigenvalue weighted by atomic mass is 10.2. The Balaban J connectivity index is 1.82. The summed E-state index contributed by atoms with van der Waals surface area (Å²) < 4.78 is 0.794. The molecule has 1 saturated heterocycles. The number of hydrogen-bond acceptors (Lipinski definition) is 7. The first-order valence-corrected chi connectivity index (χ1v) is 9.05. The molecule has 0 saturated carbocycles. The molecule has 3 rings (SSSR count). The Morgan fingerprint density at radius 1 is 1.29 bits per heavy atom.